The zero-order valence-corrected chi connectivity index (χ0v) is 11.3. The summed E-state index contributed by atoms with van der Waals surface area (Å²) in [6, 6.07) is 8.40. The van der Waals surface area contributed by atoms with Crippen LogP contribution in [-0.2, 0) is 4.79 Å². The highest BCUT2D eigenvalue weighted by atomic mass is 16.2. The van der Waals surface area contributed by atoms with Crippen molar-refractivity contribution in [3.8, 4) is 0 Å². The van der Waals surface area contributed by atoms with Gasteiger partial charge in [0.05, 0.1) is 5.52 Å². The van der Waals surface area contributed by atoms with E-state index < -0.39 is 17.9 Å². The number of nitrogens with one attached hydrogen (secondary N) is 2. The topological polar surface area (TPSA) is 97.1 Å². The molecule has 2 amide bonds. The fraction of sp³-hybridized carbons (Fsp3) is 0.214. The van der Waals surface area contributed by atoms with Crippen molar-refractivity contribution in [1.29, 1.82) is 0 Å². The van der Waals surface area contributed by atoms with E-state index in [0.29, 0.717) is 5.52 Å². The second kappa shape index (κ2) is 5.56. The Bertz CT molecular complexity index is 669. The number of para-hydroxylation sites is 1. The van der Waals surface area contributed by atoms with E-state index >= 15 is 0 Å². The van der Waals surface area contributed by atoms with Crippen LogP contribution in [0.3, 0.4) is 0 Å². The number of nitrogens with two attached hydrogens (primary N) is 1. The summed E-state index contributed by atoms with van der Waals surface area (Å²) < 4.78 is 0. The molecule has 1 aromatic heterocycles. The van der Waals surface area contributed by atoms with Crippen LogP contribution in [0.15, 0.2) is 30.3 Å². The van der Waals surface area contributed by atoms with Crippen LogP contribution in [0, 0.1) is 0 Å². The fourth-order valence-corrected chi connectivity index (χ4v) is 1.84. The molecule has 2 rings (SSSR count). The van der Waals surface area contributed by atoms with E-state index in [1.807, 2.05) is 24.3 Å². The zero-order chi connectivity index (χ0) is 14.7. The van der Waals surface area contributed by atoms with Gasteiger partial charge in [0.2, 0.25) is 5.91 Å². The molecule has 0 fully saturated rings. The maximum Gasteiger partial charge on any atom is 0.270 e. The summed E-state index contributed by atoms with van der Waals surface area (Å²) in [5, 5.41) is 6.46. The van der Waals surface area contributed by atoms with Gasteiger partial charge in [0.15, 0.2) is 0 Å². The van der Waals surface area contributed by atoms with E-state index in [-0.39, 0.29) is 5.69 Å². The summed E-state index contributed by atoms with van der Waals surface area (Å²) in [4.78, 5) is 27.3. The molecule has 0 spiro atoms. The summed E-state index contributed by atoms with van der Waals surface area (Å²) in [6.45, 7) is 1.53. The Balaban J connectivity index is 2.40. The second-order valence-corrected chi connectivity index (χ2v) is 4.42. The summed E-state index contributed by atoms with van der Waals surface area (Å²) in [7, 11) is 1.77. The molecular formula is C14H16N4O2. The van der Waals surface area contributed by atoms with Gasteiger partial charge < -0.3 is 16.4 Å². The van der Waals surface area contributed by atoms with Crippen LogP contribution in [0.5, 0.6) is 0 Å². The Kier molecular flexibility index (Phi) is 3.84. The number of aromatic nitrogens is 1. The van der Waals surface area contributed by atoms with Gasteiger partial charge in [0.1, 0.15) is 11.7 Å². The molecule has 104 valence electrons. The molecular weight excluding hydrogens is 256 g/mol. The normalized spacial score (nSPS) is 11.9. The van der Waals surface area contributed by atoms with E-state index in [9.17, 15) is 9.59 Å². The van der Waals surface area contributed by atoms with Gasteiger partial charge in [0, 0.05) is 18.1 Å². The van der Waals surface area contributed by atoms with E-state index in [1.165, 1.54) is 6.92 Å². The highest BCUT2D eigenvalue weighted by Gasteiger charge is 2.16. The Morgan fingerprint density at radius 3 is 2.65 bits per heavy atom. The van der Waals surface area contributed by atoms with Crippen LogP contribution in [-0.4, -0.2) is 29.9 Å². The Morgan fingerprint density at radius 2 is 2.00 bits per heavy atom. The third-order valence-corrected chi connectivity index (χ3v) is 2.99. The number of nitrogens with zero attached hydrogens (tertiary/aromatic N) is 1. The molecule has 1 unspecified atom stereocenters. The van der Waals surface area contributed by atoms with Crippen LogP contribution < -0.4 is 16.4 Å². The van der Waals surface area contributed by atoms with Gasteiger partial charge in [-0.1, -0.05) is 18.2 Å². The average molecular weight is 272 g/mol. The van der Waals surface area contributed by atoms with Crippen molar-refractivity contribution in [3.63, 3.8) is 0 Å². The van der Waals surface area contributed by atoms with E-state index in [4.69, 9.17) is 5.73 Å². The third kappa shape index (κ3) is 2.69. The summed E-state index contributed by atoms with van der Waals surface area (Å²) in [5.41, 5.74) is 6.86. The molecule has 0 aliphatic rings. The predicted molar refractivity (Wildman–Crippen MR) is 77.4 cm³/mol. The number of fused-ring (bicyclic) bond motifs is 1. The van der Waals surface area contributed by atoms with Crippen LogP contribution in [0.1, 0.15) is 17.4 Å². The SMILES string of the molecule is CNc1cc(C(=O)NC(C)C(N)=O)nc2ccccc12. The lowest BCUT2D eigenvalue weighted by Gasteiger charge is -2.12. The average Bonchev–Trinajstić information content (AvgIpc) is 2.45. The van der Waals surface area contributed by atoms with Gasteiger partial charge in [-0.05, 0) is 19.1 Å². The molecule has 0 aliphatic carbocycles. The van der Waals surface area contributed by atoms with Crippen molar-refractivity contribution >= 4 is 28.4 Å². The lowest BCUT2D eigenvalue weighted by Crippen LogP contribution is -2.42. The molecule has 1 atom stereocenters. The first kappa shape index (κ1) is 13.8. The number of hydrogen-bond acceptors (Lipinski definition) is 4. The molecule has 1 aromatic carbocycles. The number of anilines is 1. The first-order chi connectivity index (χ1) is 9.52. The number of carbonyl (C=O) groups excluding carboxylic acids is 2. The summed E-state index contributed by atoms with van der Waals surface area (Å²) in [6.07, 6.45) is 0. The number of amides is 2. The Labute approximate surface area is 116 Å². The van der Waals surface area contributed by atoms with Crippen LogP contribution in [0.25, 0.3) is 10.9 Å². The molecule has 6 heteroatoms. The molecule has 0 saturated carbocycles. The van der Waals surface area contributed by atoms with Crippen molar-refractivity contribution in [2.24, 2.45) is 5.73 Å². The fourth-order valence-electron chi connectivity index (χ4n) is 1.84. The maximum absolute atomic E-state index is 12.1. The summed E-state index contributed by atoms with van der Waals surface area (Å²) in [5.74, 6) is -1.02. The van der Waals surface area contributed by atoms with Crippen LogP contribution in [0.4, 0.5) is 5.69 Å². The number of primary amides is 1. The van der Waals surface area contributed by atoms with Crippen LogP contribution in [0.2, 0.25) is 0 Å². The molecule has 0 aliphatic heterocycles. The van der Waals surface area contributed by atoms with Gasteiger partial charge in [0.25, 0.3) is 5.91 Å². The Hall–Kier alpha value is -2.63. The minimum atomic E-state index is -0.742. The monoisotopic (exact) mass is 272 g/mol. The smallest absolute Gasteiger partial charge is 0.270 e. The highest BCUT2D eigenvalue weighted by molar-refractivity contribution is 6.01. The van der Waals surface area contributed by atoms with Crippen molar-refractivity contribution in [3.05, 3.63) is 36.0 Å². The lowest BCUT2D eigenvalue weighted by atomic mass is 10.1. The molecule has 20 heavy (non-hydrogen) atoms. The van der Waals surface area contributed by atoms with E-state index in [2.05, 4.69) is 15.6 Å². The number of rotatable bonds is 4. The molecule has 4 N–H and O–H groups in total. The molecule has 0 saturated heterocycles. The van der Waals surface area contributed by atoms with Gasteiger partial charge in [-0.3, -0.25) is 9.59 Å². The van der Waals surface area contributed by atoms with E-state index in [1.54, 1.807) is 13.1 Å². The molecule has 0 bridgehead atoms. The maximum atomic E-state index is 12.1. The Morgan fingerprint density at radius 1 is 1.30 bits per heavy atom. The molecule has 2 aromatic rings. The minimum Gasteiger partial charge on any atom is -0.388 e. The number of benzene rings is 1. The second-order valence-electron chi connectivity index (χ2n) is 4.42. The van der Waals surface area contributed by atoms with Crippen molar-refractivity contribution in [2.75, 3.05) is 12.4 Å². The van der Waals surface area contributed by atoms with Crippen LogP contribution >= 0.6 is 0 Å². The first-order valence-corrected chi connectivity index (χ1v) is 6.20. The predicted octanol–water partition coefficient (Wildman–Crippen LogP) is 0.880. The van der Waals surface area contributed by atoms with Crippen molar-refractivity contribution in [2.45, 2.75) is 13.0 Å². The van der Waals surface area contributed by atoms with E-state index in [0.717, 1.165) is 11.1 Å². The first-order valence-electron chi connectivity index (χ1n) is 6.20. The number of pyridine rings is 1. The molecule has 6 nitrogen and oxygen atoms in total. The molecule has 0 radical (unpaired) electrons. The van der Waals surface area contributed by atoms with Gasteiger partial charge >= 0.3 is 0 Å². The van der Waals surface area contributed by atoms with Gasteiger partial charge in [-0.15, -0.1) is 0 Å². The number of hydrogen-bond donors (Lipinski definition) is 3. The molecule has 1 heterocycles. The standard InChI is InChI=1S/C14H16N4O2/c1-8(13(15)19)17-14(20)12-7-11(16-2)9-5-3-4-6-10(9)18-12/h3-8H,1-2H3,(H2,15,19)(H,16,18)(H,17,20). The minimum absolute atomic E-state index is 0.237. The van der Waals surface area contributed by atoms with Crippen molar-refractivity contribution < 1.29 is 9.59 Å². The lowest BCUT2D eigenvalue weighted by molar-refractivity contribution is -0.119. The summed E-state index contributed by atoms with van der Waals surface area (Å²) >= 11 is 0. The third-order valence-electron chi connectivity index (χ3n) is 2.99. The largest absolute Gasteiger partial charge is 0.388 e. The highest BCUT2D eigenvalue weighted by Crippen LogP contribution is 2.22. The van der Waals surface area contributed by atoms with Crippen molar-refractivity contribution in [1.82, 2.24) is 10.3 Å². The quantitative estimate of drug-likeness (QED) is 0.769. The zero-order valence-electron chi connectivity index (χ0n) is 11.3. The van der Waals surface area contributed by atoms with Gasteiger partial charge in [-0.2, -0.15) is 0 Å². The number of carbonyl (C=O) groups is 2. The van der Waals surface area contributed by atoms with Gasteiger partial charge in [-0.25, -0.2) is 4.98 Å².